The standard InChI is InChI=1S/C10H12N2O2/c13-9-5-1-2-6(10(9)14)8-7(5)11-3-4-12-8/h3-6,9-10,13-14H,1-2H2/t5-,6+,9+,10-. The van der Waals surface area contributed by atoms with E-state index in [1.54, 1.807) is 12.4 Å². The molecule has 0 aromatic carbocycles. The van der Waals surface area contributed by atoms with E-state index < -0.39 is 12.2 Å². The van der Waals surface area contributed by atoms with E-state index in [0.717, 1.165) is 24.2 Å². The highest BCUT2D eigenvalue weighted by Gasteiger charge is 2.47. The zero-order valence-corrected chi connectivity index (χ0v) is 7.67. The minimum absolute atomic E-state index is 0.0151. The lowest BCUT2D eigenvalue weighted by Crippen LogP contribution is -2.46. The van der Waals surface area contributed by atoms with E-state index in [-0.39, 0.29) is 11.8 Å². The first-order valence-electron chi connectivity index (χ1n) is 4.96. The zero-order valence-electron chi connectivity index (χ0n) is 7.67. The van der Waals surface area contributed by atoms with Gasteiger partial charge in [-0.15, -0.1) is 0 Å². The highest BCUT2D eigenvalue weighted by molar-refractivity contribution is 5.31. The highest BCUT2D eigenvalue weighted by Crippen LogP contribution is 2.47. The first kappa shape index (κ1) is 8.32. The minimum Gasteiger partial charge on any atom is -0.390 e. The molecule has 4 rings (SSSR count). The van der Waals surface area contributed by atoms with Gasteiger partial charge >= 0.3 is 0 Å². The molecule has 2 bridgehead atoms. The van der Waals surface area contributed by atoms with Crippen molar-refractivity contribution in [3.05, 3.63) is 23.8 Å². The van der Waals surface area contributed by atoms with E-state index in [9.17, 15) is 10.2 Å². The summed E-state index contributed by atoms with van der Waals surface area (Å²) in [5.41, 5.74) is 1.78. The molecule has 4 atom stereocenters. The van der Waals surface area contributed by atoms with Crippen LogP contribution in [0, 0.1) is 0 Å². The van der Waals surface area contributed by atoms with Crippen LogP contribution in [0.1, 0.15) is 36.1 Å². The van der Waals surface area contributed by atoms with Crippen LogP contribution in [0.2, 0.25) is 0 Å². The summed E-state index contributed by atoms with van der Waals surface area (Å²) in [4.78, 5) is 8.51. The molecule has 0 spiro atoms. The van der Waals surface area contributed by atoms with E-state index in [1.807, 2.05) is 0 Å². The van der Waals surface area contributed by atoms with E-state index in [0.29, 0.717) is 0 Å². The molecule has 0 amide bonds. The molecule has 0 saturated heterocycles. The van der Waals surface area contributed by atoms with Gasteiger partial charge in [0.05, 0.1) is 23.6 Å². The quantitative estimate of drug-likeness (QED) is 0.615. The molecule has 1 fully saturated rings. The highest BCUT2D eigenvalue weighted by atomic mass is 16.3. The molecular weight excluding hydrogens is 180 g/mol. The molecule has 1 heterocycles. The normalized spacial score (nSPS) is 39.6. The van der Waals surface area contributed by atoms with Gasteiger partial charge in [0.15, 0.2) is 0 Å². The number of hydrogen-bond acceptors (Lipinski definition) is 4. The Labute approximate surface area is 81.6 Å². The molecule has 1 aromatic rings. The monoisotopic (exact) mass is 192 g/mol. The fourth-order valence-corrected chi connectivity index (χ4v) is 2.70. The zero-order chi connectivity index (χ0) is 9.71. The molecule has 1 saturated carbocycles. The van der Waals surface area contributed by atoms with Crippen molar-refractivity contribution in [2.75, 3.05) is 0 Å². The van der Waals surface area contributed by atoms with Gasteiger partial charge in [0, 0.05) is 24.2 Å². The second-order valence-corrected chi connectivity index (χ2v) is 4.10. The molecule has 3 aliphatic rings. The number of hydrogen-bond donors (Lipinski definition) is 2. The maximum absolute atomic E-state index is 9.80. The summed E-state index contributed by atoms with van der Waals surface area (Å²) in [5.74, 6) is -0.0302. The van der Waals surface area contributed by atoms with Crippen LogP contribution in [0.3, 0.4) is 0 Å². The summed E-state index contributed by atoms with van der Waals surface area (Å²) < 4.78 is 0. The summed E-state index contributed by atoms with van der Waals surface area (Å²) >= 11 is 0. The SMILES string of the molecule is O[C@@H]1[C@H](O)[C@H]2CC[C@@H]1c1nccnc12. The van der Waals surface area contributed by atoms with Gasteiger partial charge < -0.3 is 10.2 Å². The van der Waals surface area contributed by atoms with Gasteiger partial charge in [0.1, 0.15) is 0 Å². The summed E-state index contributed by atoms with van der Waals surface area (Å²) in [7, 11) is 0. The maximum Gasteiger partial charge on any atom is 0.0889 e. The van der Waals surface area contributed by atoms with Gasteiger partial charge in [0.2, 0.25) is 0 Å². The topological polar surface area (TPSA) is 66.2 Å². The van der Waals surface area contributed by atoms with E-state index in [1.165, 1.54) is 0 Å². The summed E-state index contributed by atoms with van der Waals surface area (Å²) in [6.45, 7) is 0. The molecule has 0 radical (unpaired) electrons. The van der Waals surface area contributed by atoms with Crippen LogP contribution in [0.5, 0.6) is 0 Å². The number of aliphatic hydroxyl groups excluding tert-OH is 2. The van der Waals surface area contributed by atoms with E-state index in [2.05, 4.69) is 9.97 Å². The molecule has 0 aliphatic heterocycles. The summed E-state index contributed by atoms with van der Waals surface area (Å²) in [6.07, 6.45) is 3.82. The number of aliphatic hydroxyl groups is 2. The van der Waals surface area contributed by atoms with Crippen LogP contribution in [-0.2, 0) is 0 Å². The Morgan fingerprint density at radius 2 is 1.36 bits per heavy atom. The van der Waals surface area contributed by atoms with Crippen molar-refractivity contribution in [2.24, 2.45) is 0 Å². The Morgan fingerprint density at radius 1 is 0.929 bits per heavy atom. The van der Waals surface area contributed by atoms with E-state index in [4.69, 9.17) is 0 Å². The van der Waals surface area contributed by atoms with Gasteiger partial charge in [0.25, 0.3) is 0 Å². The average molecular weight is 192 g/mol. The van der Waals surface area contributed by atoms with Crippen LogP contribution >= 0.6 is 0 Å². The van der Waals surface area contributed by atoms with Gasteiger partial charge in [-0.05, 0) is 12.8 Å². The first-order chi connectivity index (χ1) is 6.79. The molecule has 4 heteroatoms. The third-order valence-electron chi connectivity index (χ3n) is 3.42. The van der Waals surface area contributed by atoms with Crippen molar-refractivity contribution < 1.29 is 10.2 Å². The average Bonchev–Trinajstić information content (AvgIpc) is 2.24. The Balaban J connectivity index is 2.17. The van der Waals surface area contributed by atoms with Crippen LogP contribution in [0.25, 0.3) is 0 Å². The second-order valence-electron chi connectivity index (χ2n) is 4.10. The van der Waals surface area contributed by atoms with Gasteiger partial charge in [-0.25, -0.2) is 0 Å². The van der Waals surface area contributed by atoms with Crippen LogP contribution in [0.4, 0.5) is 0 Å². The number of nitrogens with zero attached hydrogens (tertiary/aromatic N) is 2. The Hall–Kier alpha value is -1.00. The van der Waals surface area contributed by atoms with E-state index >= 15 is 0 Å². The number of aromatic nitrogens is 2. The predicted octanol–water partition coefficient (Wildman–Crippen LogP) is 0.173. The summed E-state index contributed by atoms with van der Waals surface area (Å²) in [5, 5.41) is 19.6. The van der Waals surface area contributed by atoms with Gasteiger partial charge in [-0.2, -0.15) is 0 Å². The Morgan fingerprint density at radius 3 is 1.79 bits per heavy atom. The molecule has 4 nitrogen and oxygen atoms in total. The van der Waals surface area contributed by atoms with Crippen molar-refractivity contribution in [1.82, 2.24) is 9.97 Å². The van der Waals surface area contributed by atoms with Crippen molar-refractivity contribution >= 4 is 0 Å². The number of rotatable bonds is 0. The van der Waals surface area contributed by atoms with Crippen molar-refractivity contribution in [3.8, 4) is 0 Å². The molecule has 1 aromatic heterocycles. The van der Waals surface area contributed by atoms with Crippen molar-refractivity contribution in [2.45, 2.75) is 36.9 Å². The molecule has 74 valence electrons. The molecule has 0 unspecified atom stereocenters. The molecule has 14 heavy (non-hydrogen) atoms. The van der Waals surface area contributed by atoms with Crippen molar-refractivity contribution in [1.29, 1.82) is 0 Å². The largest absolute Gasteiger partial charge is 0.390 e. The Kier molecular flexibility index (Phi) is 1.63. The summed E-state index contributed by atoms with van der Waals surface area (Å²) in [6, 6.07) is 0. The second kappa shape index (κ2) is 2.74. The lowest BCUT2D eigenvalue weighted by atomic mass is 9.68. The van der Waals surface area contributed by atoms with Crippen molar-refractivity contribution in [3.63, 3.8) is 0 Å². The van der Waals surface area contributed by atoms with Crippen LogP contribution < -0.4 is 0 Å². The maximum atomic E-state index is 9.80. The number of fused-ring (bicyclic) bond motifs is 2. The minimum atomic E-state index is -0.655. The fourth-order valence-electron chi connectivity index (χ4n) is 2.70. The lowest BCUT2D eigenvalue weighted by Gasteiger charge is -2.43. The smallest absolute Gasteiger partial charge is 0.0889 e. The third-order valence-corrected chi connectivity index (χ3v) is 3.42. The molecule has 3 aliphatic carbocycles. The van der Waals surface area contributed by atoms with Gasteiger partial charge in [-0.3, -0.25) is 9.97 Å². The molecular formula is C10H12N2O2. The first-order valence-corrected chi connectivity index (χ1v) is 4.96. The third kappa shape index (κ3) is 0.898. The van der Waals surface area contributed by atoms with Crippen LogP contribution in [-0.4, -0.2) is 32.4 Å². The predicted molar refractivity (Wildman–Crippen MR) is 48.8 cm³/mol. The fraction of sp³-hybridized carbons (Fsp3) is 0.600. The van der Waals surface area contributed by atoms with Crippen LogP contribution in [0.15, 0.2) is 12.4 Å². The molecule has 2 N–H and O–H groups in total. The van der Waals surface area contributed by atoms with Gasteiger partial charge in [-0.1, -0.05) is 0 Å². The lowest BCUT2D eigenvalue weighted by molar-refractivity contribution is -0.0488. The Bertz CT molecular complexity index is 334.